The number of nitrogens with one attached hydrogen (secondary N) is 1. The third-order valence-corrected chi connectivity index (χ3v) is 2.50. The van der Waals surface area contributed by atoms with Crippen molar-refractivity contribution in [2.24, 2.45) is 0 Å². The maximum atomic E-state index is 10.6. The monoisotopic (exact) mass is 222 g/mol. The first-order valence-corrected chi connectivity index (χ1v) is 5.19. The highest BCUT2D eigenvalue weighted by Gasteiger charge is 2.14. The van der Waals surface area contributed by atoms with E-state index in [1.54, 1.807) is 6.07 Å². The zero-order valence-corrected chi connectivity index (χ0v) is 8.85. The van der Waals surface area contributed by atoms with E-state index >= 15 is 0 Å². The molecule has 1 fully saturated rings. The molecule has 0 spiro atoms. The molecular weight excluding hydrogens is 208 g/mol. The second-order valence-electron chi connectivity index (χ2n) is 3.55. The summed E-state index contributed by atoms with van der Waals surface area (Å²) in [5, 5.41) is 11.1. The summed E-state index contributed by atoms with van der Waals surface area (Å²) in [6.07, 6.45) is -1.04. The number of carbonyl (C=O) groups is 1. The Balaban J connectivity index is 2.20. The summed E-state index contributed by atoms with van der Waals surface area (Å²) < 4.78 is 5.26. The van der Waals surface area contributed by atoms with Crippen LogP contribution in [0.3, 0.4) is 0 Å². The number of morpholine rings is 1. The highest BCUT2D eigenvalue weighted by Crippen LogP contribution is 2.26. The van der Waals surface area contributed by atoms with E-state index in [0.29, 0.717) is 18.9 Å². The van der Waals surface area contributed by atoms with E-state index in [1.807, 2.05) is 18.2 Å². The number of hydrogen-bond donors (Lipinski definition) is 2. The van der Waals surface area contributed by atoms with Gasteiger partial charge in [0, 0.05) is 13.1 Å². The number of amides is 1. The number of ether oxygens (including phenoxy) is 1. The van der Waals surface area contributed by atoms with Gasteiger partial charge in [-0.05, 0) is 12.1 Å². The molecule has 1 aliphatic rings. The normalized spacial score (nSPS) is 15.9. The molecule has 0 bridgehead atoms. The smallest absolute Gasteiger partial charge is 0.409 e. The summed E-state index contributed by atoms with van der Waals surface area (Å²) in [6, 6.07) is 7.39. The van der Waals surface area contributed by atoms with Gasteiger partial charge in [-0.25, -0.2) is 4.79 Å². The highest BCUT2D eigenvalue weighted by molar-refractivity contribution is 5.88. The zero-order chi connectivity index (χ0) is 11.4. The Bertz CT molecular complexity index is 375. The number of benzene rings is 1. The largest absolute Gasteiger partial charge is 0.465 e. The lowest BCUT2D eigenvalue weighted by molar-refractivity contribution is 0.123. The van der Waals surface area contributed by atoms with Crippen LogP contribution >= 0.6 is 0 Å². The summed E-state index contributed by atoms with van der Waals surface area (Å²) >= 11 is 0. The minimum atomic E-state index is -1.04. The first kappa shape index (κ1) is 10.8. The van der Waals surface area contributed by atoms with Gasteiger partial charge in [0.15, 0.2) is 0 Å². The van der Waals surface area contributed by atoms with E-state index in [0.717, 1.165) is 18.8 Å². The Kier molecular flexibility index (Phi) is 3.26. The molecule has 0 aliphatic carbocycles. The summed E-state index contributed by atoms with van der Waals surface area (Å²) in [5.74, 6) is 0. The lowest BCUT2D eigenvalue weighted by Crippen LogP contribution is -2.36. The fourth-order valence-corrected chi connectivity index (χ4v) is 1.77. The van der Waals surface area contributed by atoms with Crippen LogP contribution in [0.1, 0.15) is 0 Å². The van der Waals surface area contributed by atoms with Crippen LogP contribution in [0.4, 0.5) is 16.2 Å². The number of para-hydroxylation sites is 2. The van der Waals surface area contributed by atoms with Crippen LogP contribution in [0.2, 0.25) is 0 Å². The molecule has 1 aromatic carbocycles. The van der Waals surface area contributed by atoms with Crippen molar-refractivity contribution in [3.05, 3.63) is 24.3 Å². The lowest BCUT2D eigenvalue weighted by Gasteiger charge is -2.30. The Morgan fingerprint density at radius 3 is 2.69 bits per heavy atom. The lowest BCUT2D eigenvalue weighted by atomic mass is 10.2. The average molecular weight is 222 g/mol. The average Bonchev–Trinajstić information content (AvgIpc) is 2.30. The molecule has 5 nitrogen and oxygen atoms in total. The standard InChI is InChI=1S/C11H14N2O3/c14-11(15)12-9-3-1-2-4-10(9)13-5-7-16-8-6-13/h1-4,12H,5-8H2,(H,14,15). The first-order chi connectivity index (χ1) is 7.77. The van der Waals surface area contributed by atoms with Crippen molar-refractivity contribution in [2.75, 3.05) is 36.5 Å². The van der Waals surface area contributed by atoms with Crippen molar-refractivity contribution in [3.63, 3.8) is 0 Å². The molecule has 1 heterocycles. The topological polar surface area (TPSA) is 61.8 Å². The van der Waals surface area contributed by atoms with Gasteiger partial charge in [-0.3, -0.25) is 5.32 Å². The van der Waals surface area contributed by atoms with E-state index in [4.69, 9.17) is 9.84 Å². The van der Waals surface area contributed by atoms with Crippen molar-refractivity contribution in [1.82, 2.24) is 0 Å². The Morgan fingerprint density at radius 1 is 1.31 bits per heavy atom. The van der Waals surface area contributed by atoms with Gasteiger partial charge in [0.1, 0.15) is 0 Å². The Hall–Kier alpha value is -1.75. The number of nitrogens with zero attached hydrogens (tertiary/aromatic N) is 1. The number of rotatable bonds is 2. The van der Waals surface area contributed by atoms with Crippen molar-refractivity contribution in [2.45, 2.75) is 0 Å². The van der Waals surface area contributed by atoms with Crippen molar-refractivity contribution >= 4 is 17.5 Å². The number of hydrogen-bond acceptors (Lipinski definition) is 3. The van der Waals surface area contributed by atoms with Crippen molar-refractivity contribution in [3.8, 4) is 0 Å². The molecule has 2 rings (SSSR count). The summed E-state index contributed by atoms with van der Waals surface area (Å²) in [7, 11) is 0. The molecule has 0 unspecified atom stereocenters. The van der Waals surface area contributed by atoms with Gasteiger partial charge in [-0.2, -0.15) is 0 Å². The SMILES string of the molecule is O=C(O)Nc1ccccc1N1CCOCC1. The third kappa shape index (κ3) is 2.43. The van der Waals surface area contributed by atoms with E-state index in [1.165, 1.54) is 0 Å². The summed E-state index contributed by atoms with van der Waals surface area (Å²) in [4.78, 5) is 12.8. The van der Waals surface area contributed by atoms with E-state index < -0.39 is 6.09 Å². The molecule has 0 atom stereocenters. The van der Waals surface area contributed by atoms with Gasteiger partial charge < -0.3 is 14.7 Å². The third-order valence-electron chi connectivity index (χ3n) is 2.50. The maximum Gasteiger partial charge on any atom is 0.409 e. The van der Waals surface area contributed by atoms with Gasteiger partial charge in [0.05, 0.1) is 24.6 Å². The maximum absolute atomic E-state index is 10.6. The molecule has 1 aliphatic heterocycles. The van der Waals surface area contributed by atoms with E-state index in [2.05, 4.69) is 10.2 Å². The first-order valence-electron chi connectivity index (χ1n) is 5.19. The summed E-state index contributed by atoms with van der Waals surface area (Å²) in [6.45, 7) is 2.94. The second-order valence-corrected chi connectivity index (χ2v) is 3.55. The second kappa shape index (κ2) is 4.85. The molecule has 1 amide bonds. The van der Waals surface area contributed by atoms with Crippen LogP contribution in [-0.4, -0.2) is 37.5 Å². The molecule has 16 heavy (non-hydrogen) atoms. The fraction of sp³-hybridized carbons (Fsp3) is 0.364. The molecule has 2 N–H and O–H groups in total. The minimum absolute atomic E-state index is 0.622. The molecule has 1 aromatic rings. The van der Waals surface area contributed by atoms with Gasteiger partial charge in [0.25, 0.3) is 0 Å². The molecule has 5 heteroatoms. The van der Waals surface area contributed by atoms with E-state index in [-0.39, 0.29) is 0 Å². The van der Waals surface area contributed by atoms with Crippen LogP contribution in [0, 0.1) is 0 Å². The van der Waals surface area contributed by atoms with Crippen LogP contribution < -0.4 is 10.2 Å². The van der Waals surface area contributed by atoms with Crippen LogP contribution in [0.15, 0.2) is 24.3 Å². The highest BCUT2D eigenvalue weighted by atomic mass is 16.5. The van der Waals surface area contributed by atoms with Gasteiger partial charge >= 0.3 is 6.09 Å². The Morgan fingerprint density at radius 2 is 2.00 bits per heavy atom. The molecule has 0 saturated carbocycles. The van der Waals surface area contributed by atoms with E-state index in [9.17, 15) is 4.79 Å². The number of anilines is 2. The molecular formula is C11H14N2O3. The summed E-state index contributed by atoms with van der Waals surface area (Å²) in [5.41, 5.74) is 1.53. The minimum Gasteiger partial charge on any atom is -0.465 e. The predicted molar refractivity (Wildman–Crippen MR) is 61.1 cm³/mol. The van der Waals surface area contributed by atoms with Crippen LogP contribution in [-0.2, 0) is 4.74 Å². The van der Waals surface area contributed by atoms with Gasteiger partial charge in [0.2, 0.25) is 0 Å². The quantitative estimate of drug-likeness (QED) is 0.798. The Labute approximate surface area is 93.6 Å². The van der Waals surface area contributed by atoms with Crippen molar-refractivity contribution in [1.29, 1.82) is 0 Å². The predicted octanol–water partition coefficient (Wildman–Crippen LogP) is 1.61. The molecule has 0 radical (unpaired) electrons. The number of carboxylic acid groups (broad SMARTS) is 1. The van der Waals surface area contributed by atoms with Crippen molar-refractivity contribution < 1.29 is 14.6 Å². The van der Waals surface area contributed by atoms with Gasteiger partial charge in [-0.1, -0.05) is 12.1 Å². The fourth-order valence-electron chi connectivity index (χ4n) is 1.77. The molecule has 86 valence electrons. The molecule has 0 aromatic heterocycles. The van der Waals surface area contributed by atoms with Crippen LogP contribution in [0.25, 0.3) is 0 Å². The molecule has 1 saturated heterocycles. The van der Waals surface area contributed by atoms with Crippen LogP contribution in [0.5, 0.6) is 0 Å². The zero-order valence-electron chi connectivity index (χ0n) is 8.85. The van der Waals surface area contributed by atoms with Gasteiger partial charge in [-0.15, -0.1) is 0 Å².